The molecule has 0 saturated carbocycles. The molecule has 0 atom stereocenters. The van der Waals surface area contributed by atoms with Crippen LogP contribution in [-0.4, -0.2) is 24.4 Å². The van der Waals surface area contributed by atoms with Crippen LogP contribution in [0.25, 0.3) is 0 Å². The molecule has 0 aliphatic rings. The molecule has 0 saturated heterocycles. The molecule has 0 aliphatic heterocycles. The van der Waals surface area contributed by atoms with Gasteiger partial charge >= 0.3 is 12.0 Å². The Bertz CT molecular complexity index is 807. The summed E-state index contributed by atoms with van der Waals surface area (Å²) in [5, 5.41) is 3.04. The summed E-state index contributed by atoms with van der Waals surface area (Å²) in [6.45, 7) is -0.191. The van der Waals surface area contributed by atoms with Crippen molar-refractivity contribution in [2.24, 2.45) is 5.73 Å². The Labute approximate surface area is 153 Å². The Balaban J connectivity index is 1.93. The van der Waals surface area contributed by atoms with Gasteiger partial charge in [-0.1, -0.05) is 35.3 Å². The first-order valence-electron chi connectivity index (χ1n) is 7.14. The summed E-state index contributed by atoms with van der Waals surface area (Å²) in [5.74, 6) is -1.08. The van der Waals surface area contributed by atoms with E-state index in [1.807, 2.05) is 0 Å². The van der Waals surface area contributed by atoms with Crippen molar-refractivity contribution in [3.8, 4) is 0 Å². The second-order valence-electron chi connectivity index (χ2n) is 5.04. The van der Waals surface area contributed by atoms with Crippen LogP contribution in [0.1, 0.15) is 26.3 Å². The zero-order chi connectivity index (χ0) is 18.4. The Morgan fingerprint density at radius 2 is 1.72 bits per heavy atom. The number of ketones is 1. The van der Waals surface area contributed by atoms with Gasteiger partial charge < -0.3 is 15.8 Å². The standard InChI is InChI=1S/C17H14Cl2N2O4/c18-12-5-6-13(14(19)7-12)15(22)9-25-16(23)11-3-1-10(2-4-11)8-21-17(20)24/h1-7H,8-9H2,(H3,20,21,24). The van der Waals surface area contributed by atoms with Gasteiger partial charge in [0.1, 0.15) is 0 Å². The van der Waals surface area contributed by atoms with Crippen molar-refractivity contribution in [2.75, 3.05) is 6.61 Å². The van der Waals surface area contributed by atoms with Crippen molar-refractivity contribution in [2.45, 2.75) is 6.54 Å². The van der Waals surface area contributed by atoms with Gasteiger partial charge in [0.2, 0.25) is 5.78 Å². The zero-order valence-corrected chi connectivity index (χ0v) is 14.4. The number of ether oxygens (including phenoxy) is 1. The number of hydrogen-bond donors (Lipinski definition) is 2. The predicted octanol–water partition coefficient (Wildman–Crippen LogP) is 3.20. The van der Waals surface area contributed by atoms with Gasteiger partial charge in [0.25, 0.3) is 0 Å². The normalized spacial score (nSPS) is 10.2. The van der Waals surface area contributed by atoms with E-state index in [4.69, 9.17) is 33.7 Å². The molecule has 130 valence electrons. The number of carbonyl (C=O) groups is 3. The lowest BCUT2D eigenvalue weighted by Gasteiger charge is -2.07. The summed E-state index contributed by atoms with van der Waals surface area (Å²) < 4.78 is 5.00. The van der Waals surface area contributed by atoms with Gasteiger partial charge in [-0.3, -0.25) is 4.79 Å². The third kappa shape index (κ3) is 5.48. The molecule has 0 heterocycles. The number of nitrogens with two attached hydrogens (primary N) is 1. The molecule has 25 heavy (non-hydrogen) atoms. The fourth-order valence-electron chi connectivity index (χ4n) is 1.96. The second-order valence-corrected chi connectivity index (χ2v) is 5.88. The van der Waals surface area contributed by atoms with E-state index in [1.54, 1.807) is 12.1 Å². The van der Waals surface area contributed by atoms with Crippen LogP contribution in [0.5, 0.6) is 0 Å². The largest absolute Gasteiger partial charge is 0.454 e. The molecule has 0 radical (unpaired) electrons. The second kappa shape index (κ2) is 8.50. The minimum absolute atomic E-state index is 0.194. The third-order valence-corrected chi connectivity index (χ3v) is 3.77. The van der Waals surface area contributed by atoms with E-state index in [1.165, 1.54) is 30.3 Å². The van der Waals surface area contributed by atoms with Crippen LogP contribution in [0.4, 0.5) is 4.79 Å². The molecule has 2 aromatic rings. The lowest BCUT2D eigenvalue weighted by Crippen LogP contribution is -2.28. The molecule has 3 N–H and O–H groups in total. The molecule has 6 nitrogen and oxygen atoms in total. The van der Waals surface area contributed by atoms with E-state index < -0.39 is 24.4 Å². The first-order valence-corrected chi connectivity index (χ1v) is 7.90. The Hall–Kier alpha value is -2.57. The van der Waals surface area contributed by atoms with Crippen LogP contribution in [0.15, 0.2) is 42.5 Å². The summed E-state index contributed by atoms with van der Waals surface area (Å²) in [7, 11) is 0. The molecule has 2 rings (SSSR count). The fraction of sp³-hybridized carbons (Fsp3) is 0.118. The highest BCUT2D eigenvalue weighted by Crippen LogP contribution is 2.21. The van der Waals surface area contributed by atoms with Gasteiger partial charge in [0.05, 0.1) is 10.6 Å². The number of rotatable bonds is 6. The molecule has 0 unspecified atom stereocenters. The van der Waals surface area contributed by atoms with E-state index in [-0.39, 0.29) is 22.7 Å². The number of hydrogen-bond acceptors (Lipinski definition) is 4. The summed E-state index contributed by atoms with van der Waals surface area (Å²) >= 11 is 11.7. The number of urea groups is 1. The van der Waals surface area contributed by atoms with Gasteiger partial charge in [-0.25, -0.2) is 9.59 Å². The molecule has 8 heteroatoms. The maximum absolute atomic E-state index is 12.1. The Kier molecular flexibility index (Phi) is 6.38. The third-order valence-electron chi connectivity index (χ3n) is 3.22. The van der Waals surface area contributed by atoms with Crippen molar-refractivity contribution in [1.29, 1.82) is 0 Å². The van der Waals surface area contributed by atoms with E-state index in [0.717, 1.165) is 5.56 Å². The molecular formula is C17H14Cl2N2O4. The maximum atomic E-state index is 12.1. The smallest absolute Gasteiger partial charge is 0.338 e. The van der Waals surface area contributed by atoms with Crippen molar-refractivity contribution >= 4 is 41.0 Å². The molecular weight excluding hydrogens is 367 g/mol. The van der Waals surface area contributed by atoms with Crippen LogP contribution in [0.2, 0.25) is 10.0 Å². The number of benzene rings is 2. The SMILES string of the molecule is NC(=O)NCc1ccc(C(=O)OCC(=O)c2ccc(Cl)cc2Cl)cc1. The zero-order valence-electron chi connectivity index (χ0n) is 12.9. The predicted molar refractivity (Wildman–Crippen MR) is 93.9 cm³/mol. The molecule has 0 spiro atoms. The van der Waals surface area contributed by atoms with Gasteiger partial charge in [-0.2, -0.15) is 0 Å². The van der Waals surface area contributed by atoms with Crippen LogP contribution >= 0.6 is 23.2 Å². The van der Waals surface area contributed by atoms with Gasteiger partial charge in [-0.05, 0) is 35.9 Å². The van der Waals surface area contributed by atoms with Crippen LogP contribution < -0.4 is 11.1 Å². The van der Waals surface area contributed by atoms with Gasteiger partial charge in [0.15, 0.2) is 6.61 Å². The molecule has 0 fully saturated rings. The highest BCUT2D eigenvalue weighted by Gasteiger charge is 2.14. The first-order chi connectivity index (χ1) is 11.9. The quantitative estimate of drug-likeness (QED) is 0.593. The van der Waals surface area contributed by atoms with Crippen molar-refractivity contribution in [1.82, 2.24) is 5.32 Å². The fourth-order valence-corrected chi connectivity index (χ4v) is 2.47. The number of nitrogens with one attached hydrogen (secondary N) is 1. The van der Waals surface area contributed by atoms with E-state index in [2.05, 4.69) is 5.32 Å². The maximum Gasteiger partial charge on any atom is 0.338 e. The summed E-state index contributed by atoms with van der Waals surface area (Å²) in [4.78, 5) is 34.7. The minimum Gasteiger partial charge on any atom is -0.454 e. The molecule has 0 aromatic heterocycles. The highest BCUT2D eigenvalue weighted by molar-refractivity contribution is 6.36. The van der Waals surface area contributed by atoms with E-state index in [0.29, 0.717) is 5.02 Å². The molecule has 0 aliphatic carbocycles. The summed E-state index contributed by atoms with van der Waals surface area (Å²) in [6, 6.07) is 10.2. The van der Waals surface area contributed by atoms with Crippen LogP contribution in [0.3, 0.4) is 0 Å². The van der Waals surface area contributed by atoms with Crippen molar-refractivity contribution < 1.29 is 19.1 Å². The van der Waals surface area contributed by atoms with Gasteiger partial charge in [-0.15, -0.1) is 0 Å². The number of esters is 1. The van der Waals surface area contributed by atoms with E-state index in [9.17, 15) is 14.4 Å². The highest BCUT2D eigenvalue weighted by atomic mass is 35.5. The minimum atomic E-state index is -0.646. The van der Waals surface area contributed by atoms with Crippen molar-refractivity contribution in [3.63, 3.8) is 0 Å². The number of carbonyl (C=O) groups excluding carboxylic acids is 3. The lowest BCUT2D eigenvalue weighted by atomic mass is 10.1. The van der Waals surface area contributed by atoms with Crippen LogP contribution in [0, 0.1) is 0 Å². The number of amides is 2. The van der Waals surface area contributed by atoms with Gasteiger partial charge in [0, 0.05) is 17.1 Å². The van der Waals surface area contributed by atoms with Crippen molar-refractivity contribution in [3.05, 3.63) is 69.2 Å². The van der Waals surface area contributed by atoms with E-state index >= 15 is 0 Å². The average Bonchev–Trinajstić information content (AvgIpc) is 2.58. The average molecular weight is 381 g/mol. The first kappa shape index (κ1) is 18.8. The molecule has 2 aromatic carbocycles. The summed E-state index contributed by atoms with van der Waals surface area (Å²) in [5.41, 5.74) is 6.25. The summed E-state index contributed by atoms with van der Waals surface area (Å²) in [6.07, 6.45) is 0. The van der Waals surface area contributed by atoms with Crippen LogP contribution in [-0.2, 0) is 11.3 Å². The topological polar surface area (TPSA) is 98.5 Å². The number of Topliss-reactive ketones (excluding diaryl/α,β-unsaturated/α-hetero) is 1. The number of halogens is 2. The molecule has 2 amide bonds. The monoisotopic (exact) mass is 380 g/mol. The number of primary amides is 1. The Morgan fingerprint density at radius 3 is 2.32 bits per heavy atom. The molecule has 0 bridgehead atoms. The lowest BCUT2D eigenvalue weighted by molar-refractivity contribution is 0.0474. The Morgan fingerprint density at radius 1 is 1.04 bits per heavy atom.